The summed E-state index contributed by atoms with van der Waals surface area (Å²) in [6.45, 7) is 7.20. The Balaban J connectivity index is 0.000000325. The van der Waals surface area contributed by atoms with Crippen molar-refractivity contribution >= 4 is 23.9 Å². The van der Waals surface area contributed by atoms with E-state index in [2.05, 4.69) is 0 Å². The minimum absolute atomic E-state index is 0.0499. The van der Waals surface area contributed by atoms with Crippen molar-refractivity contribution in [3.05, 3.63) is 46.5 Å². The summed E-state index contributed by atoms with van der Waals surface area (Å²) in [6.07, 6.45) is 19.4. The number of phenolic OH excluding ortho intramolecular Hbond substituents is 4. The van der Waals surface area contributed by atoms with Crippen molar-refractivity contribution < 1.29 is 60.0 Å². The summed E-state index contributed by atoms with van der Waals surface area (Å²) in [4.78, 5) is 44.9. The Hall–Kier alpha value is -4.48. The second-order valence-electron chi connectivity index (χ2n) is 19.0. The third-order valence-corrected chi connectivity index (χ3v) is 13.7. The van der Waals surface area contributed by atoms with Gasteiger partial charge < -0.3 is 40.9 Å². The van der Waals surface area contributed by atoms with E-state index in [1.807, 2.05) is 19.1 Å². The van der Waals surface area contributed by atoms with E-state index in [0.29, 0.717) is 68.9 Å². The normalized spacial score (nSPS) is 15.9. The van der Waals surface area contributed by atoms with Crippen molar-refractivity contribution in [2.75, 3.05) is 0 Å². The van der Waals surface area contributed by atoms with Crippen LogP contribution < -0.4 is 0 Å². The predicted molar refractivity (Wildman–Crippen MR) is 234 cm³/mol. The fourth-order valence-corrected chi connectivity index (χ4v) is 8.09. The van der Waals surface area contributed by atoms with Crippen LogP contribution in [0.4, 0.5) is 0 Å². The van der Waals surface area contributed by atoms with Crippen molar-refractivity contribution in [2.24, 2.45) is 21.7 Å². The molecule has 0 heterocycles. The number of aromatic hydroxyl groups is 4. The summed E-state index contributed by atoms with van der Waals surface area (Å²) in [5, 5.41) is 78.2. The van der Waals surface area contributed by atoms with Gasteiger partial charge in [-0.1, -0.05) is 70.4 Å². The quantitative estimate of drug-likeness (QED) is 0.0217. The first-order valence-electron chi connectivity index (χ1n) is 22.7. The van der Waals surface area contributed by atoms with Gasteiger partial charge in [0, 0.05) is 0 Å². The minimum atomic E-state index is -0.767. The number of aliphatic carboxylic acids is 4. The van der Waals surface area contributed by atoms with E-state index in [4.69, 9.17) is 5.11 Å². The summed E-state index contributed by atoms with van der Waals surface area (Å²) >= 11 is 0. The number of rotatable bonds is 29. The molecule has 2 fully saturated rings. The Labute approximate surface area is 362 Å². The largest absolute Gasteiger partial charge is 0.508 e. The summed E-state index contributed by atoms with van der Waals surface area (Å²) in [6, 6.07) is 6.98. The van der Waals surface area contributed by atoms with E-state index < -0.39 is 45.5 Å². The van der Waals surface area contributed by atoms with E-state index in [9.17, 15) is 54.9 Å². The first-order chi connectivity index (χ1) is 28.7. The van der Waals surface area contributed by atoms with Crippen molar-refractivity contribution in [2.45, 2.75) is 188 Å². The highest BCUT2D eigenvalue weighted by Gasteiger charge is 2.50. The van der Waals surface area contributed by atoms with Gasteiger partial charge in [0.05, 0.1) is 21.7 Å². The van der Waals surface area contributed by atoms with Gasteiger partial charge in [-0.3, -0.25) is 19.2 Å². The lowest BCUT2D eigenvalue weighted by molar-refractivity contribution is -0.149. The molecule has 2 aromatic carbocycles. The maximum absolute atomic E-state index is 11.3. The van der Waals surface area contributed by atoms with Gasteiger partial charge in [-0.15, -0.1) is 0 Å². The third-order valence-electron chi connectivity index (χ3n) is 13.7. The van der Waals surface area contributed by atoms with Crippen LogP contribution in [-0.4, -0.2) is 64.7 Å². The molecule has 12 nitrogen and oxygen atoms in total. The smallest absolute Gasteiger partial charge is 0.309 e. The highest BCUT2D eigenvalue weighted by Crippen LogP contribution is 2.51. The van der Waals surface area contributed by atoms with Gasteiger partial charge in [-0.05, 0) is 164 Å². The molecule has 0 spiro atoms. The zero-order chi connectivity index (χ0) is 45.4. The highest BCUT2D eigenvalue weighted by molar-refractivity contribution is 5.78. The Kier molecular flexibility index (Phi) is 19.3. The van der Waals surface area contributed by atoms with Crippen molar-refractivity contribution in [1.29, 1.82) is 0 Å². The third kappa shape index (κ3) is 15.4. The number of phenols is 4. The number of benzene rings is 2. The SMILES string of the molecule is CC(C)(CCCCCCc1cc(O)c(CCCCC2(C(=O)O)CC2)cc1O)C(=O)O.CCC(C)(CCCCCCc1ccc(CCCCC2(C(=O)O)CC2)c(O)c1O)C(=O)O. The Morgan fingerprint density at radius 1 is 0.508 bits per heavy atom. The van der Waals surface area contributed by atoms with Crippen LogP contribution in [0.5, 0.6) is 23.0 Å². The molecule has 0 saturated heterocycles. The van der Waals surface area contributed by atoms with Crippen molar-refractivity contribution in [3.8, 4) is 23.0 Å². The van der Waals surface area contributed by atoms with Crippen LogP contribution in [0, 0.1) is 21.7 Å². The molecule has 0 bridgehead atoms. The van der Waals surface area contributed by atoms with Crippen LogP contribution in [0.3, 0.4) is 0 Å². The van der Waals surface area contributed by atoms with Gasteiger partial charge in [-0.25, -0.2) is 0 Å². The summed E-state index contributed by atoms with van der Waals surface area (Å²) < 4.78 is 0. The molecule has 61 heavy (non-hydrogen) atoms. The van der Waals surface area contributed by atoms with Gasteiger partial charge in [-0.2, -0.15) is 0 Å². The number of hydrogen-bond acceptors (Lipinski definition) is 8. The van der Waals surface area contributed by atoms with Gasteiger partial charge in [0.15, 0.2) is 11.5 Å². The molecule has 0 radical (unpaired) electrons. The van der Waals surface area contributed by atoms with E-state index in [-0.39, 0.29) is 23.0 Å². The number of carbonyl (C=O) groups is 4. The van der Waals surface area contributed by atoms with Gasteiger partial charge in [0.1, 0.15) is 11.5 Å². The second-order valence-corrected chi connectivity index (χ2v) is 19.0. The van der Waals surface area contributed by atoms with Gasteiger partial charge >= 0.3 is 23.9 Å². The zero-order valence-corrected chi connectivity index (χ0v) is 37.2. The van der Waals surface area contributed by atoms with Gasteiger partial charge in [0.2, 0.25) is 0 Å². The molecule has 1 atom stereocenters. The first-order valence-corrected chi connectivity index (χ1v) is 22.7. The Morgan fingerprint density at radius 2 is 0.869 bits per heavy atom. The molecule has 8 N–H and O–H groups in total. The van der Waals surface area contributed by atoms with Crippen LogP contribution in [0.15, 0.2) is 24.3 Å². The summed E-state index contributed by atoms with van der Waals surface area (Å²) in [5.74, 6) is -2.62. The van der Waals surface area contributed by atoms with E-state index >= 15 is 0 Å². The monoisotopic (exact) mass is 855 g/mol. The fraction of sp³-hybridized carbons (Fsp3) is 0.673. The lowest BCUT2D eigenvalue weighted by Crippen LogP contribution is -2.26. The molecule has 342 valence electrons. The molecule has 0 aliphatic heterocycles. The van der Waals surface area contributed by atoms with E-state index in [0.717, 1.165) is 114 Å². The molecule has 2 saturated carbocycles. The maximum atomic E-state index is 11.3. The molecule has 1 unspecified atom stereocenters. The average molecular weight is 855 g/mol. The number of carboxylic acids is 4. The molecule has 2 aliphatic carbocycles. The molecule has 12 heteroatoms. The van der Waals surface area contributed by atoms with Crippen LogP contribution in [0.1, 0.15) is 185 Å². The predicted octanol–water partition coefficient (Wildman–Crippen LogP) is 10.9. The lowest BCUT2D eigenvalue weighted by atomic mass is 9.82. The number of aryl methyl sites for hydroxylation is 4. The molecular formula is C49H74O12. The van der Waals surface area contributed by atoms with Gasteiger partial charge in [0.25, 0.3) is 0 Å². The second kappa shape index (κ2) is 23.1. The first kappa shape index (κ1) is 50.9. The van der Waals surface area contributed by atoms with Crippen molar-refractivity contribution in [1.82, 2.24) is 0 Å². The number of carboxylic acid groups (broad SMARTS) is 4. The molecular weight excluding hydrogens is 781 g/mol. The van der Waals surface area contributed by atoms with Crippen LogP contribution >= 0.6 is 0 Å². The number of hydrogen-bond donors (Lipinski definition) is 8. The lowest BCUT2D eigenvalue weighted by Gasteiger charge is -2.22. The Morgan fingerprint density at radius 3 is 1.21 bits per heavy atom. The molecule has 4 rings (SSSR count). The molecule has 0 amide bonds. The molecule has 2 aromatic rings. The van der Waals surface area contributed by atoms with Crippen LogP contribution in [0.2, 0.25) is 0 Å². The molecule has 0 aromatic heterocycles. The highest BCUT2D eigenvalue weighted by atomic mass is 16.4. The fourth-order valence-electron chi connectivity index (χ4n) is 8.09. The standard InChI is InChI=1S/C25H38O6.C24H36O6/c1-3-24(2,22(28)29)14-8-5-4-6-10-18-12-13-19(21(27)20(18)26)11-7-9-15-25(16-17-25)23(30)31;1-23(2,21(27)28)11-7-4-3-5-9-17-15-20(26)18(16-19(17)25)10-6-8-12-24(13-14-24)22(29)30/h12-13,26-27H,3-11,14-17H2,1-2H3,(H,28,29)(H,30,31);15-16,25-26H,3-14H2,1-2H3,(H,27,28)(H,29,30). The average Bonchev–Trinajstić information content (AvgIpc) is 4.15. The van der Waals surface area contributed by atoms with Crippen LogP contribution in [0.25, 0.3) is 0 Å². The number of unbranched alkanes of at least 4 members (excludes halogenated alkanes) is 8. The van der Waals surface area contributed by atoms with Crippen LogP contribution in [-0.2, 0) is 44.9 Å². The Bertz CT molecular complexity index is 1770. The van der Waals surface area contributed by atoms with E-state index in [1.54, 1.807) is 32.9 Å². The summed E-state index contributed by atoms with van der Waals surface area (Å²) in [7, 11) is 0. The maximum Gasteiger partial charge on any atom is 0.309 e. The zero-order valence-electron chi connectivity index (χ0n) is 37.2. The molecule has 2 aliphatic rings. The minimum Gasteiger partial charge on any atom is -0.508 e. The van der Waals surface area contributed by atoms with E-state index in [1.165, 1.54) is 0 Å². The summed E-state index contributed by atoms with van der Waals surface area (Å²) in [5.41, 5.74) is 0.521. The van der Waals surface area contributed by atoms with Crippen molar-refractivity contribution in [3.63, 3.8) is 0 Å². The topological polar surface area (TPSA) is 230 Å².